The summed E-state index contributed by atoms with van der Waals surface area (Å²) >= 11 is 1.20. The molecular weight excluding hydrogens is 360 g/mol. The Balaban J connectivity index is 2.02. The van der Waals surface area contributed by atoms with Crippen molar-refractivity contribution in [2.75, 3.05) is 26.5 Å². The van der Waals surface area contributed by atoms with Gasteiger partial charge in [-0.1, -0.05) is 13.3 Å². The van der Waals surface area contributed by atoms with Crippen molar-refractivity contribution >= 4 is 17.7 Å². The third-order valence-electron chi connectivity index (χ3n) is 5.39. The number of amides is 1. The van der Waals surface area contributed by atoms with Crippen molar-refractivity contribution in [3.05, 3.63) is 0 Å². The van der Waals surface area contributed by atoms with E-state index >= 15 is 0 Å². The Morgan fingerprint density at radius 1 is 1.31 bits per heavy atom. The van der Waals surface area contributed by atoms with Gasteiger partial charge in [0.2, 0.25) is 5.91 Å². The SMILES string of the molecule is CCC[C@@H]1C[C@@H](C(=O)N[C@H](CO)[C@H]2OC(SC)[C@H](O)[C@H](O)C2O)N(C)C1. The number of likely N-dealkylation sites (N-methyl/N-ethyl adjacent to an activating group) is 1. The van der Waals surface area contributed by atoms with Gasteiger partial charge >= 0.3 is 0 Å². The van der Waals surface area contributed by atoms with Crippen molar-refractivity contribution in [3.8, 4) is 0 Å². The second kappa shape index (κ2) is 9.68. The molecule has 8 nitrogen and oxygen atoms in total. The molecule has 0 aliphatic carbocycles. The number of thioether (sulfide) groups is 1. The van der Waals surface area contributed by atoms with Crippen molar-refractivity contribution in [2.45, 2.75) is 68.1 Å². The van der Waals surface area contributed by atoms with Crippen LogP contribution in [0.3, 0.4) is 0 Å². The molecule has 0 aromatic carbocycles. The normalized spacial score (nSPS) is 39.7. The first-order valence-electron chi connectivity index (χ1n) is 9.17. The highest BCUT2D eigenvalue weighted by molar-refractivity contribution is 7.99. The summed E-state index contributed by atoms with van der Waals surface area (Å²) in [5.41, 5.74) is -0.743. The second-order valence-corrected chi connectivity index (χ2v) is 8.26. The molecule has 2 saturated heterocycles. The third-order valence-corrected chi connectivity index (χ3v) is 6.25. The van der Waals surface area contributed by atoms with Gasteiger partial charge in [0, 0.05) is 6.54 Å². The zero-order valence-electron chi connectivity index (χ0n) is 15.6. The average Bonchev–Trinajstić information content (AvgIpc) is 2.99. The minimum atomic E-state index is -1.40. The van der Waals surface area contributed by atoms with Crippen molar-refractivity contribution in [2.24, 2.45) is 5.92 Å². The molecule has 2 aliphatic heterocycles. The van der Waals surface area contributed by atoms with Crippen molar-refractivity contribution < 1.29 is 30.0 Å². The molecule has 0 spiro atoms. The van der Waals surface area contributed by atoms with E-state index < -0.39 is 42.5 Å². The van der Waals surface area contributed by atoms with E-state index in [4.69, 9.17) is 4.74 Å². The van der Waals surface area contributed by atoms with Gasteiger partial charge in [0.05, 0.1) is 18.7 Å². The summed E-state index contributed by atoms with van der Waals surface area (Å²) in [5, 5.41) is 42.7. The molecule has 8 atom stereocenters. The molecule has 2 rings (SSSR count). The fraction of sp³-hybridized carbons (Fsp3) is 0.941. The smallest absolute Gasteiger partial charge is 0.237 e. The number of hydrogen-bond acceptors (Lipinski definition) is 8. The molecular formula is C17H32N2O6S. The summed E-state index contributed by atoms with van der Waals surface area (Å²) in [5.74, 6) is 0.255. The fourth-order valence-electron chi connectivity index (χ4n) is 3.94. The molecule has 152 valence electrons. The molecule has 0 saturated carbocycles. The summed E-state index contributed by atoms with van der Waals surface area (Å²) in [6.45, 7) is 2.54. The van der Waals surface area contributed by atoms with Crippen LogP contribution in [0, 0.1) is 5.92 Å². The van der Waals surface area contributed by atoms with Gasteiger partial charge in [-0.3, -0.25) is 9.69 Å². The summed E-state index contributed by atoms with van der Waals surface area (Å²) in [7, 11) is 1.91. The molecule has 2 heterocycles. The summed E-state index contributed by atoms with van der Waals surface area (Å²) in [6.07, 6.45) is -0.424. The Labute approximate surface area is 158 Å². The Morgan fingerprint density at radius 3 is 2.58 bits per heavy atom. The maximum absolute atomic E-state index is 12.7. The van der Waals surface area contributed by atoms with Crippen LogP contribution in [0.5, 0.6) is 0 Å². The van der Waals surface area contributed by atoms with Gasteiger partial charge < -0.3 is 30.5 Å². The summed E-state index contributed by atoms with van der Waals surface area (Å²) in [6, 6.07) is -1.15. The summed E-state index contributed by atoms with van der Waals surface area (Å²) < 4.78 is 5.65. The Bertz CT molecular complexity index is 469. The van der Waals surface area contributed by atoms with E-state index in [0.717, 1.165) is 25.8 Å². The highest BCUT2D eigenvalue weighted by Crippen LogP contribution is 2.29. The molecule has 9 heteroatoms. The molecule has 2 fully saturated rings. The monoisotopic (exact) mass is 392 g/mol. The number of nitrogens with one attached hydrogen (secondary N) is 1. The van der Waals surface area contributed by atoms with Crippen LogP contribution in [0.25, 0.3) is 0 Å². The fourth-order valence-corrected chi connectivity index (χ4v) is 4.62. The van der Waals surface area contributed by atoms with Gasteiger partial charge in [-0.15, -0.1) is 11.8 Å². The largest absolute Gasteiger partial charge is 0.394 e. The highest BCUT2D eigenvalue weighted by Gasteiger charge is 2.47. The first kappa shape index (κ1) is 21.9. The van der Waals surface area contributed by atoms with Crippen LogP contribution in [-0.4, -0.2) is 99.6 Å². The number of nitrogens with zero attached hydrogens (tertiary/aromatic N) is 1. The minimum absolute atomic E-state index is 0.220. The topological polar surface area (TPSA) is 122 Å². The van der Waals surface area contributed by atoms with Crippen LogP contribution in [0.4, 0.5) is 0 Å². The van der Waals surface area contributed by atoms with Crippen LogP contribution in [-0.2, 0) is 9.53 Å². The number of ether oxygens (including phenoxy) is 1. The number of carbonyl (C=O) groups excluding carboxylic acids is 1. The van der Waals surface area contributed by atoms with E-state index in [1.807, 2.05) is 11.9 Å². The van der Waals surface area contributed by atoms with E-state index in [1.54, 1.807) is 6.26 Å². The third kappa shape index (κ3) is 4.70. The maximum atomic E-state index is 12.7. The second-order valence-electron chi connectivity index (χ2n) is 7.32. The maximum Gasteiger partial charge on any atom is 0.237 e. The molecule has 2 aliphatic rings. The van der Waals surface area contributed by atoms with Crippen LogP contribution in [0.2, 0.25) is 0 Å². The van der Waals surface area contributed by atoms with Crippen LogP contribution < -0.4 is 5.32 Å². The van der Waals surface area contributed by atoms with Crippen LogP contribution in [0.1, 0.15) is 26.2 Å². The summed E-state index contributed by atoms with van der Waals surface area (Å²) in [4.78, 5) is 14.7. The van der Waals surface area contributed by atoms with Crippen LogP contribution >= 0.6 is 11.8 Å². The molecule has 26 heavy (non-hydrogen) atoms. The molecule has 2 unspecified atom stereocenters. The number of rotatable bonds is 7. The van der Waals surface area contributed by atoms with E-state index in [1.165, 1.54) is 11.8 Å². The van der Waals surface area contributed by atoms with Gasteiger partial charge in [0.25, 0.3) is 0 Å². The van der Waals surface area contributed by atoms with Crippen molar-refractivity contribution in [1.82, 2.24) is 10.2 Å². The van der Waals surface area contributed by atoms with Gasteiger partial charge in [-0.05, 0) is 32.1 Å². The predicted octanol–water partition coefficient (Wildman–Crippen LogP) is -1.25. The van der Waals surface area contributed by atoms with E-state index in [-0.39, 0.29) is 11.9 Å². The molecule has 5 N–H and O–H groups in total. The first-order chi connectivity index (χ1) is 12.3. The van der Waals surface area contributed by atoms with Crippen molar-refractivity contribution in [3.63, 3.8) is 0 Å². The zero-order valence-corrected chi connectivity index (χ0v) is 16.4. The molecule has 0 aromatic rings. The van der Waals surface area contributed by atoms with Gasteiger partial charge in [-0.25, -0.2) is 0 Å². The van der Waals surface area contributed by atoms with E-state index in [2.05, 4.69) is 12.2 Å². The predicted molar refractivity (Wildman–Crippen MR) is 98.6 cm³/mol. The van der Waals surface area contributed by atoms with Gasteiger partial charge in [0.1, 0.15) is 29.9 Å². The number of hydrogen-bond donors (Lipinski definition) is 5. The number of likely N-dealkylation sites (tertiary alicyclic amines) is 1. The highest BCUT2D eigenvalue weighted by atomic mass is 32.2. The lowest BCUT2D eigenvalue weighted by molar-refractivity contribution is -0.207. The number of aliphatic hydroxyl groups excluding tert-OH is 4. The molecule has 0 bridgehead atoms. The zero-order chi connectivity index (χ0) is 19.4. The Kier molecular flexibility index (Phi) is 8.14. The lowest BCUT2D eigenvalue weighted by Crippen LogP contribution is -2.64. The van der Waals surface area contributed by atoms with Crippen molar-refractivity contribution in [1.29, 1.82) is 0 Å². The Hall–Kier alpha value is -0.420. The van der Waals surface area contributed by atoms with E-state index in [0.29, 0.717) is 5.92 Å². The first-order valence-corrected chi connectivity index (χ1v) is 10.5. The minimum Gasteiger partial charge on any atom is -0.394 e. The number of carbonyl (C=O) groups is 1. The molecule has 0 radical (unpaired) electrons. The molecule has 1 amide bonds. The number of aliphatic hydroxyl groups is 4. The molecule has 0 aromatic heterocycles. The van der Waals surface area contributed by atoms with E-state index in [9.17, 15) is 25.2 Å². The van der Waals surface area contributed by atoms with Gasteiger partial charge in [-0.2, -0.15) is 0 Å². The lowest BCUT2D eigenvalue weighted by Gasteiger charge is -2.43. The Morgan fingerprint density at radius 2 is 2.00 bits per heavy atom. The van der Waals surface area contributed by atoms with Gasteiger partial charge in [0.15, 0.2) is 0 Å². The lowest BCUT2D eigenvalue weighted by atomic mass is 9.94. The standard InChI is InChI=1S/C17H32N2O6S/c1-4-5-9-6-11(19(2)7-9)16(24)18-10(8-20)15-13(22)12(21)14(23)17(25-15)26-3/h9-15,17,20-23H,4-8H2,1-3H3,(H,18,24)/t9-,10-,11+,12-,13?,14-,15-,17?/m1/s1. The quantitative estimate of drug-likeness (QED) is 0.364. The van der Waals surface area contributed by atoms with Crippen LogP contribution in [0.15, 0.2) is 0 Å². The average molecular weight is 393 g/mol.